The molecule has 5 nitrogen and oxygen atoms in total. The first-order chi connectivity index (χ1) is 12.2. The second-order valence-electron chi connectivity index (χ2n) is 5.68. The summed E-state index contributed by atoms with van der Waals surface area (Å²) in [5.41, 5.74) is 2.34. The lowest BCUT2D eigenvalue weighted by Gasteiger charge is -2.12. The number of amidine groups is 1. The maximum Gasteiger partial charge on any atom is 0.242 e. The maximum atomic E-state index is 12.7. The maximum absolute atomic E-state index is 12.7. The van der Waals surface area contributed by atoms with E-state index in [1.807, 2.05) is 6.92 Å². The normalized spacial score (nSPS) is 19.2. The van der Waals surface area contributed by atoms with Crippen molar-refractivity contribution in [3.63, 3.8) is 0 Å². The lowest BCUT2D eigenvalue weighted by Crippen LogP contribution is -2.32. The Hall–Kier alpha value is -2.60. The van der Waals surface area contributed by atoms with Crippen molar-refractivity contribution in [2.75, 3.05) is 6.54 Å². The van der Waals surface area contributed by atoms with E-state index < -0.39 is 0 Å². The van der Waals surface area contributed by atoms with Crippen molar-refractivity contribution in [2.24, 2.45) is 10.2 Å². The highest BCUT2D eigenvalue weighted by Crippen LogP contribution is 2.30. The van der Waals surface area contributed by atoms with E-state index >= 15 is 0 Å². The standard InChI is InChI=1S/C19H19N3O2S/c1-3-10-22-18(23)17(12-15-8-6-14(2)7-9-15)25-19(22)21-20-13-16-5-4-11-24-16/h3-9,11,13,17H,1,10,12H2,2H3/t17-/m0/s1. The molecule has 0 unspecified atom stereocenters. The van der Waals surface area contributed by atoms with Crippen molar-refractivity contribution in [3.8, 4) is 0 Å². The summed E-state index contributed by atoms with van der Waals surface area (Å²) < 4.78 is 5.18. The fourth-order valence-electron chi connectivity index (χ4n) is 2.45. The fraction of sp³-hybridized carbons (Fsp3) is 0.211. The van der Waals surface area contributed by atoms with Gasteiger partial charge in [0.1, 0.15) is 5.76 Å². The summed E-state index contributed by atoms with van der Waals surface area (Å²) in [6.07, 6.45) is 5.46. The molecule has 1 aliphatic heterocycles. The number of carbonyl (C=O) groups is 1. The molecule has 1 amide bonds. The molecular weight excluding hydrogens is 334 g/mol. The van der Waals surface area contributed by atoms with E-state index in [9.17, 15) is 4.79 Å². The number of furan rings is 1. The predicted molar refractivity (Wildman–Crippen MR) is 102 cm³/mol. The average Bonchev–Trinajstić information content (AvgIpc) is 3.21. The number of benzene rings is 1. The van der Waals surface area contributed by atoms with Crippen LogP contribution in [0.2, 0.25) is 0 Å². The number of hydrogen-bond acceptors (Lipinski definition) is 5. The van der Waals surface area contributed by atoms with Crippen LogP contribution in [0.4, 0.5) is 0 Å². The van der Waals surface area contributed by atoms with Crippen LogP contribution in [0.25, 0.3) is 0 Å². The second-order valence-corrected chi connectivity index (χ2v) is 6.85. The number of hydrogen-bond donors (Lipinski definition) is 0. The van der Waals surface area contributed by atoms with Crippen molar-refractivity contribution < 1.29 is 9.21 Å². The minimum absolute atomic E-state index is 0.0393. The van der Waals surface area contributed by atoms with Gasteiger partial charge in [-0.05, 0) is 31.0 Å². The van der Waals surface area contributed by atoms with Crippen LogP contribution in [-0.2, 0) is 11.2 Å². The zero-order chi connectivity index (χ0) is 17.6. The largest absolute Gasteiger partial charge is 0.463 e. The van der Waals surface area contributed by atoms with Crippen LogP contribution in [0.5, 0.6) is 0 Å². The number of amides is 1. The SMILES string of the molecule is C=CCN1C(=O)[C@H](Cc2ccc(C)cc2)SC1=NN=Cc1ccco1. The molecular formula is C19H19N3O2S. The third-order valence-corrected chi connectivity index (χ3v) is 4.91. The Balaban J connectivity index is 1.74. The van der Waals surface area contributed by atoms with Gasteiger partial charge in [-0.15, -0.1) is 11.7 Å². The van der Waals surface area contributed by atoms with Crippen molar-refractivity contribution in [1.82, 2.24) is 4.90 Å². The predicted octanol–water partition coefficient (Wildman–Crippen LogP) is 3.65. The van der Waals surface area contributed by atoms with E-state index in [2.05, 4.69) is 41.0 Å². The molecule has 1 aromatic carbocycles. The Kier molecular flexibility index (Phi) is 5.50. The zero-order valence-corrected chi connectivity index (χ0v) is 14.8. The van der Waals surface area contributed by atoms with Gasteiger partial charge in [0.15, 0.2) is 5.17 Å². The molecule has 3 rings (SSSR count). The third kappa shape index (κ3) is 4.28. The van der Waals surface area contributed by atoms with Crippen molar-refractivity contribution in [1.29, 1.82) is 0 Å². The molecule has 0 N–H and O–H groups in total. The van der Waals surface area contributed by atoms with Gasteiger partial charge in [0.2, 0.25) is 5.91 Å². The Morgan fingerprint density at radius 3 is 2.80 bits per heavy atom. The first-order valence-corrected chi connectivity index (χ1v) is 8.84. The summed E-state index contributed by atoms with van der Waals surface area (Å²) in [5, 5.41) is 8.63. The summed E-state index contributed by atoms with van der Waals surface area (Å²) in [7, 11) is 0. The van der Waals surface area contributed by atoms with Crippen molar-refractivity contribution in [3.05, 3.63) is 72.2 Å². The fourth-order valence-corrected chi connectivity index (χ4v) is 3.60. The number of thioether (sulfide) groups is 1. The van der Waals surface area contributed by atoms with E-state index in [4.69, 9.17) is 4.42 Å². The van der Waals surface area contributed by atoms with Crippen LogP contribution in [0, 0.1) is 6.92 Å². The molecule has 1 atom stereocenters. The van der Waals surface area contributed by atoms with E-state index in [0.717, 1.165) is 5.56 Å². The van der Waals surface area contributed by atoms with Crippen molar-refractivity contribution in [2.45, 2.75) is 18.6 Å². The minimum atomic E-state index is -0.194. The molecule has 128 valence electrons. The topological polar surface area (TPSA) is 58.2 Å². The Labute approximate surface area is 151 Å². The average molecular weight is 353 g/mol. The molecule has 0 spiro atoms. The lowest BCUT2D eigenvalue weighted by atomic mass is 10.1. The lowest BCUT2D eigenvalue weighted by molar-refractivity contribution is -0.125. The van der Waals surface area contributed by atoms with Crippen LogP contribution >= 0.6 is 11.8 Å². The van der Waals surface area contributed by atoms with E-state index in [-0.39, 0.29) is 11.2 Å². The highest BCUT2D eigenvalue weighted by atomic mass is 32.2. The molecule has 0 saturated carbocycles. The second kappa shape index (κ2) is 7.98. The molecule has 1 aliphatic rings. The molecule has 0 bridgehead atoms. The number of aryl methyl sites for hydroxylation is 1. The molecule has 1 saturated heterocycles. The van der Waals surface area contributed by atoms with E-state index in [1.165, 1.54) is 23.5 Å². The van der Waals surface area contributed by atoms with Gasteiger partial charge in [-0.3, -0.25) is 9.69 Å². The molecule has 0 radical (unpaired) electrons. The molecule has 6 heteroatoms. The van der Waals surface area contributed by atoms with Gasteiger partial charge >= 0.3 is 0 Å². The minimum Gasteiger partial charge on any atom is -0.463 e. The summed E-state index contributed by atoms with van der Waals surface area (Å²) in [5.74, 6) is 0.655. The van der Waals surface area contributed by atoms with Gasteiger partial charge in [-0.1, -0.05) is 47.7 Å². The van der Waals surface area contributed by atoms with Crippen molar-refractivity contribution >= 4 is 29.1 Å². The van der Waals surface area contributed by atoms with E-state index in [1.54, 1.807) is 29.4 Å². The number of rotatable bonds is 6. The zero-order valence-electron chi connectivity index (χ0n) is 14.0. The third-order valence-electron chi connectivity index (χ3n) is 3.74. The summed E-state index contributed by atoms with van der Waals surface area (Å²) in [6, 6.07) is 11.8. The first kappa shape index (κ1) is 17.2. The quantitative estimate of drug-likeness (QED) is 0.452. The van der Waals surface area contributed by atoms with Gasteiger partial charge < -0.3 is 4.42 Å². The van der Waals surface area contributed by atoms with Crippen LogP contribution in [0.3, 0.4) is 0 Å². The Bertz CT molecular complexity index is 795. The van der Waals surface area contributed by atoms with Gasteiger partial charge in [-0.25, -0.2) is 0 Å². The summed E-state index contributed by atoms with van der Waals surface area (Å²) >= 11 is 1.44. The van der Waals surface area contributed by atoms with Crippen LogP contribution < -0.4 is 0 Å². The van der Waals surface area contributed by atoms with Crippen LogP contribution in [0.1, 0.15) is 16.9 Å². The number of carbonyl (C=O) groups excluding carboxylic acids is 1. The molecule has 25 heavy (non-hydrogen) atoms. The Morgan fingerprint density at radius 2 is 2.12 bits per heavy atom. The monoisotopic (exact) mass is 353 g/mol. The van der Waals surface area contributed by atoms with Gasteiger partial charge in [-0.2, -0.15) is 5.10 Å². The highest BCUT2D eigenvalue weighted by Gasteiger charge is 2.37. The molecule has 1 aromatic heterocycles. The molecule has 2 aromatic rings. The summed E-state index contributed by atoms with van der Waals surface area (Å²) in [4.78, 5) is 14.3. The molecule has 1 fully saturated rings. The van der Waals surface area contributed by atoms with E-state index in [0.29, 0.717) is 23.9 Å². The van der Waals surface area contributed by atoms with Crippen LogP contribution in [0.15, 0.2) is 69.9 Å². The Morgan fingerprint density at radius 1 is 1.32 bits per heavy atom. The smallest absolute Gasteiger partial charge is 0.242 e. The van der Waals surface area contributed by atoms with Crippen LogP contribution in [-0.4, -0.2) is 34.0 Å². The van der Waals surface area contributed by atoms with Gasteiger partial charge in [0, 0.05) is 6.54 Å². The highest BCUT2D eigenvalue weighted by molar-refractivity contribution is 8.15. The van der Waals surface area contributed by atoms with Gasteiger partial charge in [0.05, 0.1) is 17.7 Å². The molecule has 2 heterocycles. The summed E-state index contributed by atoms with van der Waals surface area (Å²) in [6.45, 7) is 6.19. The number of nitrogens with zero attached hydrogens (tertiary/aromatic N) is 3. The first-order valence-electron chi connectivity index (χ1n) is 7.96. The molecule has 0 aliphatic carbocycles. The van der Waals surface area contributed by atoms with Gasteiger partial charge in [0.25, 0.3) is 0 Å².